The van der Waals surface area contributed by atoms with E-state index in [1.54, 1.807) is 6.92 Å². The predicted molar refractivity (Wildman–Crippen MR) is 107 cm³/mol. The minimum atomic E-state index is -4.06. The zero-order chi connectivity index (χ0) is 20.5. The molecule has 0 unspecified atom stereocenters. The van der Waals surface area contributed by atoms with Gasteiger partial charge in [0.15, 0.2) is 5.13 Å². The first-order valence-electron chi connectivity index (χ1n) is 7.85. The van der Waals surface area contributed by atoms with E-state index in [4.69, 9.17) is 11.6 Å². The molecule has 2 N–H and O–H groups in total. The molecule has 3 aromatic rings. The van der Waals surface area contributed by atoms with Crippen molar-refractivity contribution in [3.05, 3.63) is 53.2 Å². The number of carbonyl (C=O) groups is 1. The standard InChI is InChI=1S/C17H14ClFN4O3S2/c1-9-15(27-17(21-9)22-10(2)24)11-7-14(16(18)20-8-11)28(25,26)23-13-5-3-12(19)4-6-13/h3-8,23H,1-2H3,(H,21,22,24). The number of sulfonamides is 1. The summed E-state index contributed by atoms with van der Waals surface area (Å²) < 4.78 is 40.8. The molecule has 146 valence electrons. The molecule has 0 aliphatic heterocycles. The third-order valence-corrected chi connectivity index (χ3v) is 6.46. The smallest absolute Gasteiger partial charge is 0.264 e. The lowest BCUT2D eigenvalue weighted by atomic mass is 10.2. The van der Waals surface area contributed by atoms with Crippen molar-refractivity contribution in [1.29, 1.82) is 0 Å². The molecule has 0 fully saturated rings. The summed E-state index contributed by atoms with van der Waals surface area (Å²) in [7, 11) is -4.06. The maximum atomic E-state index is 13.0. The molecule has 0 bridgehead atoms. The molecule has 1 amide bonds. The Kier molecular flexibility index (Phi) is 5.64. The molecular formula is C17H14ClFN4O3S2. The molecule has 0 spiro atoms. The summed E-state index contributed by atoms with van der Waals surface area (Å²) in [5.41, 5.74) is 1.27. The van der Waals surface area contributed by atoms with Crippen molar-refractivity contribution >= 4 is 49.7 Å². The Bertz CT molecular complexity index is 1150. The lowest BCUT2D eigenvalue weighted by Gasteiger charge is -2.10. The quantitative estimate of drug-likeness (QED) is 0.582. The molecule has 7 nitrogen and oxygen atoms in total. The minimum absolute atomic E-state index is 0.185. The number of benzene rings is 1. The van der Waals surface area contributed by atoms with Gasteiger partial charge in [-0.05, 0) is 37.3 Å². The first-order valence-corrected chi connectivity index (χ1v) is 10.5. The topological polar surface area (TPSA) is 101 Å². The lowest BCUT2D eigenvalue weighted by molar-refractivity contribution is -0.114. The second-order valence-corrected chi connectivity index (χ2v) is 8.75. The van der Waals surface area contributed by atoms with E-state index in [1.165, 1.54) is 42.7 Å². The first kappa shape index (κ1) is 20.2. The van der Waals surface area contributed by atoms with Crippen molar-refractivity contribution in [1.82, 2.24) is 9.97 Å². The number of thiazole rings is 1. The maximum Gasteiger partial charge on any atom is 0.264 e. The number of amides is 1. The molecule has 0 aliphatic rings. The van der Waals surface area contributed by atoms with Crippen molar-refractivity contribution in [3.63, 3.8) is 0 Å². The summed E-state index contributed by atoms with van der Waals surface area (Å²) >= 11 is 7.20. The van der Waals surface area contributed by atoms with Crippen molar-refractivity contribution in [2.24, 2.45) is 0 Å². The number of nitrogens with one attached hydrogen (secondary N) is 2. The number of hydrogen-bond acceptors (Lipinski definition) is 6. The number of aryl methyl sites for hydroxylation is 1. The van der Waals surface area contributed by atoms with Gasteiger partial charge in [0.25, 0.3) is 10.0 Å². The zero-order valence-electron chi connectivity index (χ0n) is 14.7. The number of nitrogens with zero attached hydrogens (tertiary/aromatic N) is 2. The number of carbonyl (C=O) groups excluding carboxylic acids is 1. The fraction of sp³-hybridized carbons (Fsp3) is 0.118. The van der Waals surface area contributed by atoms with Gasteiger partial charge in [0, 0.05) is 24.4 Å². The Morgan fingerprint density at radius 3 is 2.57 bits per heavy atom. The second-order valence-electron chi connectivity index (χ2n) is 5.74. The van der Waals surface area contributed by atoms with Gasteiger partial charge in [-0.2, -0.15) is 0 Å². The fourth-order valence-electron chi connectivity index (χ4n) is 2.34. The largest absolute Gasteiger partial charge is 0.302 e. The van der Waals surface area contributed by atoms with E-state index in [0.717, 1.165) is 12.1 Å². The molecule has 1 aromatic carbocycles. The molecule has 0 saturated carbocycles. The highest BCUT2D eigenvalue weighted by Gasteiger charge is 2.22. The number of hydrogen-bond donors (Lipinski definition) is 2. The monoisotopic (exact) mass is 440 g/mol. The Balaban J connectivity index is 1.98. The van der Waals surface area contributed by atoms with Crippen LogP contribution < -0.4 is 10.0 Å². The molecule has 11 heteroatoms. The number of pyridine rings is 1. The van der Waals surface area contributed by atoms with E-state index in [1.807, 2.05) is 0 Å². The van der Waals surface area contributed by atoms with E-state index in [0.29, 0.717) is 21.3 Å². The second kappa shape index (κ2) is 7.82. The molecular weight excluding hydrogens is 427 g/mol. The van der Waals surface area contributed by atoms with E-state index in [9.17, 15) is 17.6 Å². The van der Waals surface area contributed by atoms with Gasteiger partial charge in [-0.1, -0.05) is 22.9 Å². The van der Waals surface area contributed by atoms with Crippen molar-refractivity contribution in [3.8, 4) is 10.4 Å². The molecule has 3 rings (SSSR count). The molecule has 0 atom stereocenters. The number of aromatic nitrogens is 2. The molecule has 0 aliphatic carbocycles. The van der Waals surface area contributed by atoms with Crippen LogP contribution in [0.4, 0.5) is 15.2 Å². The summed E-state index contributed by atoms with van der Waals surface area (Å²) in [5, 5.41) is 2.78. The number of halogens is 2. The van der Waals surface area contributed by atoms with Gasteiger partial charge in [-0.3, -0.25) is 9.52 Å². The summed E-state index contributed by atoms with van der Waals surface area (Å²) in [6.45, 7) is 3.10. The van der Waals surface area contributed by atoms with Crippen LogP contribution in [0.5, 0.6) is 0 Å². The van der Waals surface area contributed by atoms with Gasteiger partial charge in [0.2, 0.25) is 5.91 Å². The Labute approximate surface area is 169 Å². The highest BCUT2D eigenvalue weighted by molar-refractivity contribution is 7.92. The average Bonchev–Trinajstić information content (AvgIpc) is 2.96. The van der Waals surface area contributed by atoms with Crippen LogP contribution in [0, 0.1) is 12.7 Å². The maximum absolute atomic E-state index is 13.0. The minimum Gasteiger partial charge on any atom is -0.302 e. The van der Waals surface area contributed by atoms with Gasteiger partial charge >= 0.3 is 0 Å². The van der Waals surface area contributed by atoms with E-state index in [2.05, 4.69) is 20.0 Å². The van der Waals surface area contributed by atoms with E-state index < -0.39 is 15.8 Å². The predicted octanol–water partition coefficient (Wildman–Crippen LogP) is 4.07. The summed E-state index contributed by atoms with van der Waals surface area (Å²) in [4.78, 5) is 19.8. The van der Waals surface area contributed by atoms with Gasteiger partial charge < -0.3 is 5.32 Å². The van der Waals surface area contributed by atoms with Crippen LogP contribution in [0.1, 0.15) is 12.6 Å². The van der Waals surface area contributed by atoms with Crippen molar-refractivity contribution < 1.29 is 17.6 Å². The normalized spacial score (nSPS) is 11.3. The molecule has 28 heavy (non-hydrogen) atoms. The summed E-state index contributed by atoms with van der Waals surface area (Å²) in [6.07, 6.45) is 1.43. The van der Waals surface area contributed by atoms with Crippen LogP contribution in [0.15, 0.2) is 41.4 Å². The fourth-order valence-corrected chi connectivity index (χ4v) is 4.85. The Morgan fingerprint density at radius 2 is 1.93 bits per heavy atom. The third-order valence-electron chi connectivity index (χ3n) is 3.53. The molecule has 2 aromatic heterocycles. The van der Waals surface area contributed by atoms with Gasteiger partial charge in [-0.15, -0.1) is 0 Å². The van der Waals surface area contributed by atoms with E-state index >= 15 is 0 Å². The SMILES string of the molecule is CC(=O)Nc1nc(C)c(-c2cnc(Cl)c(S(=O)(=O)Nc3ccc(F)cc3)c2)s1. The molecule has 2 heterocycles. The summed E-state index contributed by atoms with van der Waals surface area (Å²) in [5.74, 6) is -0.749. The highest BCUT2D eigenvalue weighted by atomic mass is 35.5. The van der Waals surface area contributed by atoms with Crippen LogP contribution in [0.2, 0.25) is 5.15 Å². The van der Waals surface area contributed by atoms with Gasteiger partial charge in [0.1, 0.15) is 15.9 Å². The van der Waals surface area contributed by atoms with Crippen LogP contribution >= 0.6 is 22.9 Å². The molecule has 0 radical (unpaired) electrons. The highest BCUT2D eigenvalue weighted by Crippen LogP contribution is 2.35. The average molecular weight is 441 g/mol. The van der Waals surface area contributed by atoms with Crippen LogP contribution in [-0.4, -0.2) is 24.3 Å². The number of rotatable bonds is 5. The van der Waals surface area contributed by atoms with Crippen LogP contribution in [0.3, 0.4) is 0 Å². The van der Waals surface area contributed by atoms with Crippen LogP contribution in [-0.2, 0) is 14.8 Å². The van der Waals surface area contributed by atoms with Crippen LogP contribution in [0.25, 0.3) is 10.4 Å². The van der Waals surface area contributed by atoms with Crippen molar-refractivity contribution in [2.75, 3.05) is 10.0 Å². The van der Waals surface area contributed by atoms with Crippen molar-refractivity contribution in [2.45, 2.75) is 18.7 Å². The third kappa shape index (κ3) is 4.46. The Hall–Kier alpha value is -2.56. The van der Waals surface area contributed by atoms with Gasteiger partial charge in [0.05, 0.1) is 10.6 Å². The first-order chi connectivity index (χ1) is 13.2. The number of anilines is 2. The Morgan fingerprint density at radius 1 is 1.25 bits per heavy atom. The zero-order valence-corrected chi connectivity index (χ0v) is 17.0. The van der Waals surface area contributed by atoms with Gasteiger partial charge in [-0.25, -0.2) is 22.8 Å². The summed E-state index contributed by atoms with van der Waals surface area (Å²) in [6, 6.07) is 6.24. The molecule has 0 saturated heterocycles. The van der Waals surface area contributed by atoms with E-state index in [-0.39, 0.29) is 21.6 Å². The lowest BCUT2D eigenvalue weighted by Crippen LogP contribution is -2.14.